The Labute approximate surface area is 91.7 Å². The summed E-state index contributed by atoms with van der Waals surface area (Å²) in [6, 6.07) is 2.19. The Morgan fingerprint density at radius 1 is 1.44 bits per heavy atom. The number of hydrogen-bond acceptors (Lipinski definition) is 3. The first-order valence-electron chi connectivity index (χ1n) is 4.66. The van der Waals surface area contributed by atoms with Gasteiger partial charge < -0.3 is 9.84 Å². The predicted octanol–water partition coefficient (Wildman–Crippen LogP) is 1.87. The van der Waals surface area contributed by atoms with Gasteiger partial charge in [0.2, 0.25) is 0 Å². The molecule has 88 valence electrons. The van der Waals surface area contributed by atoms with Gasteiger partial charge in [-0.05, 0) is 24.6 Å². The molecule has 1 aromatic rings. The number of aliphatic hydroxyl groups excluding tert-OH is 1. The lowest BCUT2D eigenvalue weighted by Crippen LogP contribution is -2.11. The summed E-state index contributed by atoms with van der Waals surface area (Å²) in [4.78, 5) is 10.9. The summed E-state index contributed by atoms with van der Waals surface area (Å²) in [6.07, 6.45) is -2.01. The molecule has 0 fully saturated rings. The molecule has 1 atom stereocenters. The first kappa shape index (κ1) is 12.6. The molecule has 0 saturated carbocycles. The number of rotatable bonds is 3. The molecule has 1 aromatic carbocycles. The number of ether oxygens (including phenoxy) is 1. The Kier molecular flexibility index (Phi) is 3.95. The third-order valence-electron chi connectivity index (χ3n) is 2.14. The highest BCUT2D eigenvalue weighted by molar-refractivity contribution is 5.70. The summed E-state index contributed by atoms with van der Waals surface area (Å²) < 4.78 is 31.0. The van der Waals surface area contributed by atoms with Crippen molar-refractivity contribution in [2.45, 2.75) is 19.4 Å². The number of carbonyl (C=O) groups is 1. The molecule has 0 bridgehead atoms. The Morgan fingerprint density at radius 2 is 1.94 bits per heavy atom. The lowest BCUT2D eigenvalue weighted by molar-refractivity contribution is -0.142. The molecular formula is C11H12F2O3. The largest absolute Gasteiger partial charge is 0.469 e. The molecule has 16 heavy (non-hydrogen) atoms. The molecule has 0 saturated heterocycles. The highest BCUT2D eigenvalue weighted by Crippen LogP contribution is 2.24. The Bertz CT molecular complexity index is 381. The van der Waals surface area contributed by atoms with Gasteiger partial charge in [-0.15, -0.1) is 0 Å². The van der Waals surface area contributed by atoms with E-state index in [9.17, 15) is 18.7 Å². The van der Waals surface area contributed by atoms with E-state index in [2.05, 4.69) is 4.74 Å². The van der Waals surface area contributed by atoms with Gasteiger partial charge in [-0.1, -0.05) is 0 Å². The molecular weight excluding hydrogens is 218 g/mol. The zero-order valence-corrected chi connectivity index (χ0v) is 8.96. The monoisotopic (exact) mass is 230 g/mol. The van der Waals surface area contributed by atoms with Crippen LogP contribution in [0.2, 0.25) is 0 Å². The van der Waals surface area contributed by atoms with Crippen molar-refractivity contribution in [2.75, 3.05) is 7.11 Å². The average molecular weight is 230 g/mol. The Balaban J connectivity index is 2.99. The molecule has 1 rings (SSSR count). The van der Waals surface area contributed by atoms with Crippen LogP contribution < -0.4 is 0 Å². The summed E-state index contributed by atoms with van der Waals surface area (Å²) in [5.74, 6) is -2.46. The van der Waals surface area contributed by atoms with Crippen LogP contribution in [0.1, 0.15) is 23.7 Å². The van der Waals surface area contributed by atoms with E-state index >= 15 is 0 Å². The van der Waals surface area contributed by atoms with Crippen molar-refractivity contribution in [3.8, 4) is 0 Å². The van der Waals surface area contributed by atoms with Crippen LogP contribution in [-0.4, -0.2) is 18.2 Å². The van der Waals surface area contributed by atoms with Crippen molar-refractivity contribution in [3.63, 3.8) is 0 Å². The van der Waals surface area contributed by atoms with E-state index in [-0.39, 0.29) is 0 Å². The van der Waals surface area contributed by atoms with Crippen molar-refractivity contribution >= 4 is 5.97 Å². The third-order valence-corrected chi connectivity index (χ3v) is 2.14. The summed E-state index contributed by atoms with van der Waals surface area (Å²) in [6.45, 7) is 1.53. The number of aryl methyl sites for hydroxylation is 1. The van der Waals surface area contributed by atoms with E-state index in [4.69, 9.17) is 0 Å². The maximum absolute atomic E-state index is 13.4. The van der Waals surface area contributed by atoms with Crippen LogP contribution in [0.25, 0.3) is 0 Å². The van der Waals surface area contributed by atoms with E-state index in [1.165, 1.54) is 6.92 Å². The number of esters is 1. The average Bonchev–Trinajstić information content (AvgIpc) is 2.15. The standard InChI is InChI=1S/C11H12F2O3/c1-6-3-7(12)11(8(13)4-6)9(14)5-10(15)16-2/h3-4,9,14H,5H2,1-2H3/t9-/m0/s1. The fourth-order valence-corrected chi connectivity index (χ4v) is 1.37. The van der Waals surface area contributed by atoms with Gasteiger partial charge in [0, 0.05) is 0 Å². The third kappa shape index (κ3) is 2.76. The van der Waals surface area contributed by atoms with Gasteiger partial charge in [-0.2, -0.15) is 0 Å². The van der Waals surface area contributed by atoms with Crippen LogP contribution >= 0.6 is 0 Å². The zero-order valence-electron chi connectivity index (χ0n) is 8.96. The van der Waals surface area contributed by atoms with Crippen molar-refractivity contribution < 1.29 is 23.4 Å². The first-order valence-corrected chi connectivity index (χ1v) is 4.66. The normalized spacial score (nSPS) is 12.3. The van der Waals surface area contributed by atoms with Crippen molar-refractivity contribution in [1.29, 1.82) is 0 Å². The first-order chi connectivity index (χ1) is 7.45. The smallest absolute Gasteiger partial charge is 0.308 e. The minimum atomic E-state index is -1.53. The maximum atomic E-state index is 13.4. The number of carbonyl (C=O) groups excluding carboxylic acids is 1. The van der Waals surface area contributed by atoms with Crippen LogP contribution in [0.4, 0.5) is 8.78 Å². The predicted molar refractivity (Wildman–Crippen MR) is 52.7 cm³/mol. The quantitative estimate of drug-likeness (QED) is 0.806. The highest BCUT2D eigenvalue weighted by atomic mass is 19.1. The van der Waals surface area contributed by atoms with Gasteiger partial charge >= 0.3 is 5.97 Å². The number of methoxy groups -OCH3 is 1. The summed E-state index contributed by atoms with van der Waals surface area (Å²) in [7, 11) is 1.14. The Morgan fingerprint density at radius 3 is 2.38 bits per heavy atom. The SMILES string of the molecule is COC(=O)C[C@H](O)c1c(F)cc(C)cc1F. The van der Waals surface area contributed by atoms with Gasteiger partial charge in [0.15, 0.2) is 0 Å². The fraction of sp³-hybridized carbons (Fsp3) is 0.364. The van der Waals surface area contributed by atoms with E-state index < -0.39 is 35.7 Å². The van der Waals surface area contributed by atoms with Crippen LogP contribution in [0.5, 0.6) is 0 Å². The molecule has 0 radical (unpaired) electrons. The van der Waals surface area contributed by atoms with Crippen LogP contribution in [0.15, 0.2) is 12.1 Å². The second-order valence-corrected chi connectivity index (χ2v) is 3.44. The number of benzene rings is 1. The van der Waals surface area contributed by atoms with Crippen LogP contribution in [-0.2, 0) is 9.53 Å². The van der Waals surface area contributed by atoms with Gasteiger partial charge in [-0.3, -0.25) is 4.79 Å². The fourth-order valence-electron chi connectivity index (χ4n) is 1.37. The lowest BCUT2D eigenvalue weighted by atomic mass is 10.0. The molecule has 0 unspecified atom stereocenters. The molecule has 0 aliphatic heterocycles. The molecule has 0 aromatic heterocycles. The van der Waals surface area contributed by atoms with Crippen molar-refractivity contribution in [2.24, 2.45) is 0 Å². The minimum Gasteiger partial charge on any atom is -0.469 e. The molecule has 0 aliphatic carbocycles. The van der Waals surface area contributed by atoms with Gasteiger partial charge in [0.25, 0.3) is 0 Å². The summed E-state index contributed by atoms with van der Waals surface area (Å²) >= 11 is 0. The van der Waals surface area contributed by atoms with Crippen LogP contribution in [0, 0.1) is 18.6 Å². The van der Waals surface area contributed by atoms with E-state index in [1.807, 2.05) is 0 Å². The molecule has 0 spiro atoms. The van der Waals surface area contributed by atoms with E-state index in [0.29, 0.717) is 5.56 Å². The van der Waals surface area contributed by atoms with Crippen molar-refractivity contribution in [1.82, 2.24) is 0 Å². The number of hydrogen-bond donors (Lipinski definition) is 1. The second kappa shape index (κ2) is 5.03. The summed E-state index contributed by atoms with van der Waals surface area (Å²) in [5.41, 5.74) is -0.0972. The lowest BCUT2D eigenvalue weighted by Gasteiger charge is -2.12. The molecule has 0 amide bonds. The maximum Gasteiger partial charge on any atom is 0.308 e. The topological polar surface area (TPSA) is 46.5 Å². The van der Waals surface area contributed by atoms with E-state index in [0.717, 1.165) is 19.2 Å². The van der Waals surface area contributed by atoms with Gasteiger partial charge in [0.05, 0.1) is 25.2 Å². The van der Waals surface area contributed by atoms with Crippen molar-refractivity contribution in [3.05, 3.63) is 34.9 Å². The second-order valence-electron chi connectivity index (χ2n) is 3.44. The highest BCUT2D eigenvalue weighted by Gasteiger charge is 2.21. The molecule has 1 N–H and O–H groups in total. The van der Waals surface area contributed by atoms with Gasteiger partial charge in [0.1, 0.15) is 11.6 Å². The molecule has 0 heterocycles. The van der Waals surface area contributed by atoms with Crippen LogP contribution in [0.3, 0.4) is 0 Å². The molecule has 3 nitrogen and oxygen atoms in total. The van der Waals surface area contributed by atoms with E-state index in [1.54, 1.807) is 0 Å². The number of aliphatic hydroxyl groups is 1. The molecule has 5 heteroatoms. The Hall–Kier alpha value is -1.49. The van der Waals surface area contributed by atoms with Gasteiger partial charge in [-0.25, -0.2) is 8.78 Å². The molecule has 0 aliphatic rings. The minimum absolute atomic E-state index is 0.406. The summed E-state index contributed by atoms with van der Waals surface area (Å²) in [5, 5.41) is 9.49. The number of halogens is 2. The zero-order chi connectivity index (χ0) is 12.3.